The molecule has 2 aromatic carbocycles. The summed E-state index contributed by atoms with van der Waals surface area (Å²) in [5, 5.41) is 22.7. The molecule has 6 N–H and O–H groups in total. The number of nitrogens with one attached hydrogen (secondary N) is 1. The fraction of sp³-hybridized carbons (Fsp3) is 0.345. The number of aromatic nitrogens is 3. The van der Waals surface area contributed by atoms with Crippen LogP contribution in [-0.2, 0) is 0 Å². The Hall–Kier alpha value is -4.27. The molecule has 1 unspecified atom stereocenters. The van der Waals surface area contributed by atoms with E-state index in [0.29, 0.717) is 59.2 Å². The molecule has 206 valence electrons. The minimum Gasteiger partial charge on any atom is -0.397 e. The van der Waals surface area contributed by atoms with Gasteiger partial charge in [0.1, 0.15) is 17.7 Å². The second-order valence-corrected chi connectivity index (χ2v) is 10.8. The second-order valence-electron chi connectivity index (χ2n) is 10.8. The lowest BCUT2D eigenvalue weighted by Gasteiger charge is -2.37. The minimum absolute atomic E-state index is 0.00684. The van der Waals surface area contributed by atoms with E-state index >= 15 is 4.39 Å². The fourth-order valence-electron chi connectivity index (χ4n) is 5.55. The average molecular weight is 545 g/mol. The van der Waals surface area contributed by atoms with Gasteiger partial charge in [0.2, 0.25) is 0 Å². The number of hydrogen-bond donors (Lipinski definition) is 4. The topological polar surface area (TPSA) is 142 Å². The SMILES string of the molecule is N#Cc1ccc(-c2nc3c(N4CCCC(N)C4)nccn3c2-c2cc(N)c(NCC3(O)CCC3)cc2F)cc1F. The van der Waals surface area contributed by atoms with Gasteiger partial charge in [-0.2, -0.15) is 5.26 Å². The van der Waals surface area contributed by atoms with Gasteiger partial charge in [0, 0.05) is 49.2 Å². The standard InChI is InChI=1S/C29H30F2N8O/c30-21-11-17(4-5-18(21)14-32)25-26(20-12-23(34)24(13-22(20)31)36-16-29(40)6-2-7-29)39-10-8-35-27(28(39)37-25)38-9-1-3-19(33)15-38/h4-5,8,10-13,19,36,40H,1-3,6-7,9,15-16,33-34H2. The van der Waals surface area contributed by atoms with E-state index in [1.54, 1.807) is 22.9 Å². The van der Waals surface area contributed by atoms with Gasteiger partial charge in [0.15, 0.2) is 11.5 Å². The maximum absolute atomic E-state index is 15.9. The molecule has 40 heavy (non-hydrogen) atoms. The van der Waals surface area contributed by atoms with Crippen molar-refractivity contribution < 1.29 is 13.9 Å². The van der Waals surface area contributed by atoms with Gasteiger partial charge in [-0.05, 0) is 56.4 Å². The van der Waals surface area contributed by atoms with E-state index in [2.05, 4.69) is 15.2 Å². The first-order valence-electron chi connectivity index (χ1n) is 13.4. The summed E-state index contributed by atoms with van der Waals surface area (Å²) in [7, 11) is 0. The van der Waals surface area contributed by atoms with Crippen molar-refractivity contribution in [2.24, 2.45) is 5.73 Å². The number of benzene rings is 2. The van der Waals surface area contributed by atoms with Crippen molar-refractivity contribution in [3.05, 3.63) is 59.9 Å². The maximum atomic E-state index is 15.9. The zero-order valence-corrected chi connectivity index (χ0v) is 21.9. The van der Waals surface area contributed by atoms with Gasteiger partial charge in [-0.1, -0.05) is 6.07 Å². The van der Waals surface area contributed by atoms with Crippen molar-refractivity contribution in [2.75, 3.05) is 35.6 Å². The quantitative estimate of drug-likeness (QED) is 0.267. The van der Waals surface area contributed by atoms with E-state index in [4.69, 9.17) is 16.5 Å². The minimum atomic E-state index is -0.809. The molecule has 1 atom stereocenters. The van der Waals surface area contributed by atoms with Gasteiger partial charge < -0.3 is 26.8 Å². The van der Waals surface area contributed by atoms with Crippen LogP contribution in [0.2, 0.25) is 0 Å². The highest BCUT2D eigenvalue weighted by molar-refractivity contribution is 5.87. The first-order valence-corrected chi connectivity index (χ1v) is 13.4. The Labute approximate surface area is 230 Å². The highest BCUT2D eigenvalue weighted by Crippen LogP contribution is 2.40. The predicted octanol–water partition coefficient (Wildman–Crippen LogP) is 4.05. The zero-order chi connectivity index (χ0) is 28.0. The molecule has 9 nitrogen and oxygen atoms in total. The van der Waals surface area contributed by atoms with Crippen molar-refractivity contribution in [1.82, 2.24) is 14.4 Å². The molecule has 2 aliphatic rings. The van der Waals surface area contributed by atoms with Crippen LogP contribution in [0.15, 0.2) is 42.7 Å². The number of nitrogen functional groups attached to an aromatic ring is 1. The second kappa shape index (κ2) is 10.0. The highest BCUT2D eigenvalue weighted by atomic mass is 19.1. The molecule has 0 amide bonds. The highest BCUT2D eigenvalue weighted by Gasteiger charge is 2.34. The van der Waals surface area contributed by atoms with Crippen LogP contribution in [-0.4, -0.2) is 50.8 Å². The first kappa shape index (κ1) is 26.0. The van der Waals surface area contributed by atoms with Crippen LogP contribution in [0.5, 0.6) is 0 Å². The van der Waals surface area contributed by atoms with Crippen LogP contribution in [0.25, 0.3) is 28.2 Å². The molecule has 0 spiro atoms. The van der Waals surface area contributed by atoms with E-state index in [1.165, 1.54) is 24.3 Å². The van der Waals surface area contributed by atoms with Crippen molar-refractivity contribution in [2.45, 2.75) is 43.7 Å². The number of rotatable bonds is 6. The van der Waals surface area contributed by atoms with E-state index in [1.807, 2.05) is 6.07 Å². The molecule has 1 saturated carbocycles. The third-order valence-electron chi connectivity index (χ3n) is 7.93. The zero-order valence-electron chi connectivity index (χ0n) is 21.9. The van der Waals surface area contributed by atoms with Crippen molar-refractivity contribution in [3.63, 3.8) is 0 Å². The summed E-state index contributed by atoms with van der Waals surface area (Å²) in [5.41, 5.74) is 14.1. The number of hydrogen-bond acceptors (Lipinski definition) is 8. The Kier molecular flexibility index (Phi) is 6.52. The number of nitrogens with zero attached hydrogens (tertiary/aromatic N) is 5. The van der Waals surface area contributed by atoms with Gasteiger partial charge in [0.05, 0.1) is 33.9 Å². The predicted molar refractivity (Wildman–Crippen MR) is 150 cm³/mol. The number of fused-ring (bicyclic) bond motifs is 1. The monoisotopic (exact) mass is 544 g/mol. The molecular weight excluding hydrogens is 514 g/mol. The summed E-state index contributed by atoms with van der Waals surface area (Å²) in [6.45, 7) is 1.62. The molecular formula is C29H30F2N8O. The van der Waals surface area contributed by atoms with Crippen LogP contribution in [0.4, 0.5) is 26.0 Å². The molecule has 11 heteroatoms. The lowest BCUT2D eigenvalue weighted by Crippen LogP contribution is -2.43. The average Bonchev–Trinajstić information content (AvgIpc) is 3.31. The van der Waals surface area contributed by atoms with E-state index in [9.17, 15) is 14.8 Å². The summed E-state index contributed by atoms with van der Waals surface area (Å²) in [5.74, 6) is -0.663. The number of halogens is 2. The molecule has 4 aromatic rings. The number of anilines is 3. The normalized spacial score (nSPS) is 18.4. The summed E-state index contributed by atoms with van der Waals surface area (Å²) in [4.78, 5) is 11.5. The first-order chi connectivity index (χ1) is 19.3. The van der Waals surface area contributed by atoms with Crippen LogP contribution in [0.1, 0.15) is 37.7 Å². The largest absolute Gasteiger partial charge is 0.397 e. The number of imidazole rings is 1. The van der Waals surface area contributed by atoms with Gasteiger partial charge in [-0.15, -0.1) is 0 Å². The molecule has 2 fully saturated rings. The third-order valence-corrected chi connectivity index (χ3v) is 7.93. The van der Waals surface area contributed by atoms with Gasteiger partial charge in [-0.3, -0.25) is 4.40 Å². The smallest absolute Gasteiger partial charge is 0.181 e. The van der Waals surface area contributed by atoms with E-state index in [0.717, 1.165) is 25.8 Å². The van der Waals surface area contributed by atoms with Gasteiger partial charge >= 0.3 is 0 Å². The lowest BCUT2D eigenvalue weighted by atomic mass is 9.80. The molecule has 0 bridgehead atoms. The fourth-order valence-corrected chi connectivity index (χ4v) is 5.55. The van der Waals surface area contributed by atoms with Crippen molar-refractivity contribution in [3.8, 4) is 28.6 Å². The molecule has 1 saturated heterocycles. The molecule has 1 aliphatic heterocycles. The molecule has 3 heterocycles. The van der Waals surface area contributed by atoms with E-state index < -0.39 is 17.2 Å². The molecule has 0 radical (unpaired) electrons. The number of piperidine rings is 1. The number of aliphatic hydroxyl groups is 1. The molecule has 2 aromatic heterocycles. The summed E-state index contributed by atoms with van der Waals surface area (Å²) < 4.78 is 32.3. The van der Waals surface area contributed by atoms with Crippen LogP contribution < -0.4 is 21.7 Å². The maximum Gasteiger partial charge on any atom is 0.181 e. The Morgan fingerprint density at radius 1 is 1.18 bits per heavy atom. The third kappa shape index (κ3) is 4.59. The summed E-state index contributed by atoms with van der Waals surface area (Å²) in [6.07, 6.45) is 7.44. The summed E-state index contributed by atoms with van der Waals surface area (Å²) in [6, 6.07) is 8.84. The molecule has 1 aliphatic carbocycles. The number of nitrogens with two attached hydrogens (primary N) is 2. The Balaban J connectivity index is 1.51. The summed E-state index contributed by atoms with van der Waals surface area (Å²) >= 11 is 0. The number of nitriles is 1. The van der Waals surface area contributed by atoms with E-state index in [-0.39, 0.29) is 23.7 Å². The van der Waals surface area contributed by atoms with Gasteiger partial charge in [-0.25, -0.2) is 18.7 Å². The Bertz CT molecular complexity index is 1640. The van der Waals surface area contributed by atoms with Crippen LogP contribution in [0, 0.1) is 23.0 Å². The van der Waals surface area contributed by atoms with Crippen molar-refractivity contribution >= 4 is 22.8 Å². The Morgan fingerprint density at radius 2 is 2.00 bits per heavy atom. The molecule has 6 rings (SSSR count). The Morgan fingerprint density at radius 3 is 2.70 bits per heavy atom. The lowest BCUT2D eigenvalue weighted by molar-refractivity contribution is -0.0201. The van der Waals surface area contributed by atoms with Gasteiger partial charge in [0.25, 0.3) is 0 Å². The van der Waals surface area contributed by atoms with Crippen LogP contribution in [0.3, 0.4) is 0 Å². The van der Waals surface area contributed by atoms with Crippen LogP contribution >= 0.6 is 0 Å². The van der Waals surface area contributed by atoms with Crippen molar-refractivity contribution in [1.29, 1.82) is 5.26 Å².